The molecule has 3 aliphatic rings. The Morgan fingerprint density at radius 1 is 1.05 bits per heavy atom. The average molecular weight is 264 g/mol. The molecular weight excluding hydrogens is 236 g/mol. The lowest BCUT2D eigenvalue weighted by atomic mass is 9.84. The van der Waals surface area contributed by atoms with Crippen molar-refractivity contribution >= 4 is 5.91 Å². The van der Waals surface area contributed by atoms with Gasteiger partial charge in [-0.05, 0) is 56.9 Å². The second-order valence-electron chi connectivity index (χ2n) is 7.17. The van der Waals surface area contributed by atoms with Crippen molar-refractivity contribution in [1.82, 2.24) is 10.2 Å². The summed E-state index contributed by atoms with van der Waals surface area (Å²) < 4.78 is 0. The molecule has 3 rings (SSSR count). The van der Waals surface area contributed by atoms with Crippen molar-refractivity contribution in [3.05, 3.63) is 0 Å². The summed E-state index contributed by atoms with van der Waals surface area (Å²) in [7, 11) is 1.93. The number of nitrogens with zero attached hydrogens (tertiary/aromatic N) is 1. The molecule has 19 heavy (non-hydrogen) atoms. The molecule has 1 saturated heterocycles. The molecule has 4 unspecified atom stereocenters. The number of hydrogen-bond acceptors (Lipinski definition) is 2. The molecule has 0 aromatic rings. The molecule has 4 atom stereocenters. The summed E-state index contributed by atoms with van der Waals surface area (Å²) in [6.45, 7) is 3.27. The van der Waals surface area contributed by atoms with Gasteiger partial charge in [-0.2, -0.15) is 0 Å². The predicted octanol–water partition coefficient (Wildman–Crippen LogP) is 2.41. The number of hydrogen-bond donors (Lipinski definition) is 1. The van der Waals surface area contributed by atoms with Crippen molar-refractivity contribution in [1.29, 1.82) is 0 Å². The number of fused-ring (bicyclic) bond motifs is 2. The van der Waals surface area contributed by atoms with E-state index in [2.05, 4.69) is 17.1 Å². The molecule has 2 aliphatic carbocycles. The third-order valence-electron chi connectivity index (χ3n) is 5.73. The van der Waals surface area contributed by atoms with E-state index in [4.69, 9.17) is 0 Å². The minimum absolute atomic E-state index is 0.0529. The first kappa shape index (κ1) is 13.4. The molecule has 0 aromatic carbocycles. The number of carbonyl (C=O) groups excluding carboxylic acids is 1. The normalized spacial score (nSPS) is 43.4. The number of amides is 1. The summed E-state index contributed by atoms with van der Waals surface area (Å²) in [5, 5.41) is 3.24. The van der Waals surface area contributed by atoms with Crippen LogP contribution in [0.1, 0.15) is 51.9 Å². The van der Waals surface area contributed by atoms with E-state index < -0.39 is 0 Å². The minimum Gasteiger partial charge on any atom is -0.338 e. The number of carbonyl (C=O) groups is 1. The predicted molar refractivity (Wildman–Crippen MR) is 76.8 cm³/mol. The van der Waals surface area contributed by atoms with Gasteiger partial charge in [0, 0.05) is 12.6 Å². The summed E-state index contributed by atoms with van der Waals surface area (Å²) in [5.41, 5.74) is 0. The van der Waals surface area contributed by atoms with Crippen LogP contribution in [0.2, 0.25) is 0 Å². The number of rotatable bonds is 2. The molecule has 2 saturated carbocycles. The molecule has 0 spiro atoms. The third-order valence-corrected chi connectivity index (χ3v) is 5.73. The van der Waals surface area contributed by atoms with Gasteiger partial charge in [0.15, 0.2) is 0 Å². The smallest absolute Gasteiger partial charge is 0.239 e. The average Bonchev–Trinajstić information content (AvgIpc) is 2.66. The maximum atomic E-state index is 12.7. The van der Waals surface area contributed by atoms with Crippen LogP contribution in [0.25, 0.3) is 0 Å². The van der Waals surface area contributed by atoms with Gasteiger partial charge in [-0.1, -0.05) is 19.8 Å². The fourth-order valence-corrected chi connectivity index (χ4v) is 4.62. The van der Waals surface area contributed by atoms with Crippen LogP contribution in [0.5, 0.6) is 0 Å². The van der Waals surface area contributed by atoms with Gasteiger partial charge in [-0.3, -0.25) is 4.79 Å². The summed E-state index contributed by atoms with van der Waals surface area (Å²) >= 11 is 0. The Morgan fingerprint density at radius 3 is 2.37 bits per heavy atom. The van der Waals surface area contributed by atoms with Crippen LogP contribution in [-0.2, 0) is 4.79 Å². The van der Waals surface area contributed by atoms with Crippen molar-refractivity contribution in [2.45, 2.75) is 64.0 Å². The highest BCUT2D eigenvalue weighted by Crippen LogP contribution is 2.44. The first-order valence-electron chi connectivity index (χ1n) is 8.15. The van der Waals surface area contributed by atoms with Gasteiger partial charge in [-0.25, -0.2) is 0 Å². The Balaban J connectivity index is 1.73. The van der Waals surface area contributed by atoms with E-state index in [9.17, 15) is 4.79 Å². The lowest BCUT2D eigenvalue weighted by Crippen LogP contribution is -2.50. The van der Waals surface area contributed by atoms with Crippen molar-refractivity contribution in [3.63, 3.8) is 0 Å². The van der Waals surface area contributed by atoms with Crippen LogP contribution in [0.4, 0.5) is 0 Å². The lowest BCUT2D eigenvalue weighted by molar-refractivity contribution is -0.136. The van der Waals surface area contributed by atoms with Crippen LogP contribution in [0, 0.1) is 17.8 Å². The SMILES string of the molecule is CNC1CC(C)CCN(C2CC3CCC(C3)C2)C1=O. The molecule has 0 aromatic heterocycles. The van der Waals surface area contributed by atoms with Crippen LogP contribution in [0.3, 0.4) is 0 Å². The first-order valence-corrected chi connectivity index (χ1v) is 8.15. The van der Waals surface area contributed by atoms with Gasteiger partial charge in [0.2, 0.25) is 5.91 Å². The Morgan fingerprint density at radius 2 is 1.74 bits per heavy atom. The fraction of sp³-hybridized carbons (Fsp3) is 0.938. The van der Waals surface area contributed by atoms with E-state index in [0.717, 1.165) is 24.8 Å². The zero-order valence-electron chi connectivity index (χ0n) is 12.4. The number of likely N-dealkylation sites (tertiary alicyclic amines) is 1. The van der Waals surface area contributed by atoms with E-state index in [0.29, 0.717) is 17.9 Å². The zero-order chi connectivity index (χ0) is 13.4. The molecule has 0 radical (unpaired) electrons. The second kappa shape index (κ2) is 5.43. The summed E-state index contributed by atoms with van der Waals surface area (Å²) in [6.07, 6.45) is 8.98. The van der Waals surface area contributed by atoms with E-state index in [-0.39, 0.29) is 6.04 Å². The van der Waals surface area contributed by atoms with Gasteiger partial charge in [0.05, 0.1) is 6.04 Å². The molecule has 1 N–H and O–H groups in total. The van der Waals surface area contributed by atoms with Crippen molar-refractivity contribution in [2.24, 2.45) is 17.8 Å². The zero-order valence-corrected chi connectivity index (χ0v) is 12.4. The van der Waals surface area contributed by atoms with Crippen LogP contribution in [0.15, 0.2) is 0 Å². The van der Waals surface area contributed by atoms with Crippen molar-refractivity contribution in [3.8, 4) is 0 Å². The summed E-state index contributed by atoms with van der Waals surface area (Å²) in [5.74, 6) is 2.85. The molecule has 3 fully saturated rings. The molecule has 3 nitrogen and oxygen atoms in total. The Hall–Kier alpha value is -0.570. The van der Waals surface area contributed by atoms with Crippen LogP contribution < -0.4 is 5.32 Å². The second-order valence-corrected chi connectivity index (χ2v) is 7.17. The topological polar surface area (TPSA) is 32.3 Å². The third kappa shape index (κ3) is 2.67. The first-order chi connectivity index (χ1) is 9.17. The highest BCUT2D eigenvalue weighted by atomic mass is 16.2. The Bertz CT molecular complexity index is 332. The summed E-state index contributed by atoms with van der Waals surface area (Å²) in [4.78, 5) is 15.0. The van der Waals surface area contributed by atoms with Gasteiger partial charge in [0.25, 0.3) is 0 Å². The maximum absolute atomic E-state index is 12.7. The van der Waals surface area contributed by atoms with Crippen molar-refractivity contribution < 1.29 is 4.79 Å². The number of nitrogens with one attached hydrogen (secondary N) is 1. The van der Waals surface area contributed by atoms with Gasteiger partial charge < -0.3 is 10.2 Å². The quantitative estimate of drug-likeness (QED) is 0.830. The minimum atomic E-state index is 0.0529. The van der Waals surface area contributed by atoms with Crippen LogP contribution in [-0.4, -0.2) is 36.5 Å². The molecule has 108 valence electrons. The van der Waals surface area contributed by atoms with E-state index in [1.54, 1.807) is 0 Å². The largest absolute Gasteiger partial charge is 0.338 e. The number of likely N-dealkylation sites (N-methyl/N-ethyl adjacent to an activating group) is 1. The van der Waals surface area contributed by atoms with E-state index in [1.807, 2.05) is 7.05 Å². The van der Waals surface area contributed by atoms with Gasteiger partial charge >= 0.3 is 0 Å². The lowest BCUT2D eigenvalue weighted by Gasteiger charge is -2.37. The Labute approximate surface area is 117 Å². The van der Waals surface area contributed by atoms with E-state index >= 15 is 0 Å². The summed E-state index contributed by atoms with van der Waals surface area (Å²) in [6, 6.07) is 0.594. The molecule has 3 heteroatoms. The Kier molecular flexibility index (Phi) is 3.84. The highest BCUT2D eigenvalue weighted by molar-refractivity contribution is 5.82. The van der Waals surface area contributed by atoms with Crippen molar-refractivity contribution in [2.75, 3.05) is 13.6 Å². The molecule has 1 amide bonds. The van der Waals surface area contributed by atoms with Gasteiger partial charge in [0.1, 0.15) is 0 Å². The standard InChI is InChI=1S/C16H28N2O/c1-11-5-6-18(16(19)15(7-11)17-2)14-9-12-3-4-13(8-12)10-14/h11-15,17H,3-10H2,1-2H3. The molecular formula is C16H28N2O. The molecule has 1 heterocycles. The fourth-order valence-electron chi connectivity index (χ4n) is 4.62. The van der Waals surface area contributed by atoms with E-state index in [1.165, 1.54) is 38.5 Å². The maximum Gasteiger partial charge on any atom is 0.239 e. The van der Waals surface area contributed by atoms with Gasteiger partial charge in [-0.15, -0.1) is 0 Å². The molecule has 1 aliphatic heterocycles. The molecule has 2 bridgehead atoms. The van der Waals surface area contributed by atoms with Crippen LogP contribution >= 0.6 is 0 Å². The monoisotopic (exact) mass is 264 g/mol. The highest BCUT2D eigenvalue weighted by Gasteiger charge is 2.40.